The van der Waals surface area contributed by atoms with E-state index in [9.17, 15) is 9.18 Å². The largest absolute Gasteiger partial charge is 0.481 e. The monoisotopic (exact) mass is 435 g/mol. The Morgan fingerprint density at radius 2 is 2.06 bits per heavy atom. The second-order valence-electron chi connectivity index (χ2n) is 8.01. The summed E-state index contributed by atoms with van der Waals surface area (Å²) in [6, 6.07) is 11.9. The van der Waals surface area contributed by atoms with Crippen LogP contribution in [0.2, 0.25) is 0 Å². The van der Waals surface area contributed by atoms with E-state index in [-0.39, 0.29) is 24.2 Å². The van der Waals surface area contributed by atoms with Crippen LogP contribution in [0.15, 0.2) is 54.9 Å². The molecule has 2 aromatic heterocycles. The molecule has 7 nitrogen and oxygen atoms in total. The van der Waals surface area contributed by atoms with Crippen LogP contribution in [0.25, 0.3) is 11.4 Å². The lowest BCUT2D eigenvalue weighted by atomic mass is 9.94. The molecule has 1 saturated heterocycles. The van der Waals surface area contributed by atoms with Crippen LogP contribution in [0, 0.1) is 5.82 Å². The number of pyridine rings is 1. The SMILES string of the molecule is CN(C)c1cc([C@@H]2CCCN(C(=O)COc3ccccc3F)C2)nc(-c2cccnc2)n1. The predicted octanol–water partition coefficient (Wildman–Crippen LogP) is 3.53. The van der Waals surface area contributed by atoms with Crippen molar-refractivity contribution >= 4 is 11.7 Å². The number of piperidine rings is 1. The molecule has 1 amide bonds. The highest BCUT2D eigenvalue weighted by Gasteiger charge is 2.27. The molecule has 1 fully saturated rings. The third-order valence-electron chi connectivity index (χ3n) is 5.49. The standard InChI is InChI=1S/C24H26FN5O2/c1-29(2)22-13-20(27-24(28-22)17-7-5-11-26-14-17)18-8-6-12-30(15-18)23(31)16-32-21-10-4-3-9-19(21)25/h3-5,7,9-11,13-14,18H,6,8,12,15-16H2,1-2H3/t18-/m1/s1. The maximum atomic E-state index is 13.8. The van der Waals surface area contributed by atoms with Crippen molar-refractivity contribution in [3.05, 3.63) is 66.4 Å². The zero-order valence-electron chi connectivity index (χ0n) is 18.2. The summed E-state index contributed by atoms with van der Waals surface area (Å²) in [4.78, 5) is 30.1. The second-order valence-corrected chi connectivity index (χ2v) is 8.01. The molecule has 0 unspecified atom stereocenters. The number of ether oxygens (including phenoxy) is 1. The summed E-state index contributed by atoms with van der Waals surface area (Å²) in [5.41, 5.74) is 1.74. The fourth-order valence-corrected chi connectivity index (χ4v) is 3.75. The van der Waals surface area contributed by atoms with Crippen molar-refractivity contribution in [3.63, 3.8) is 0 Å². The molecule has 3 aromatic rings. The van der Waals surface area contributed by atoms with Gasteiger partial charge in [0, 0.05) is 57.1 Å². The number of rotatable bonds is 6. The first-order valence-electron chi connectivity index (χ1n) is 10.6. The summed E-state index contributed by atoms with van der Waals surface area (Å²) in [7, 11) is 3.88. The summed E-state index contributed by atoms with van der Waals surface area (Å²) in [5, 5.41) is 0. The highest BCUT2D eigenvalue weighted by Crippen LogP contribution is 2.29. The summed E-state index contributed by atoms with van der Waals surface area (Å²) >= 11 is 0. The van der Waals surface area contributed by atoms with E-state index < -0.39 is 5.82 Å². The van der Waals surface area contributed by atoms with Crippen molar-refractivity contribution in [2.24, 2.45) is 0 Å². The first kappa shape index (κ1) is 21.7. The molecule has 1 aliphatic heterocycles. The number of benzene rings is 1. The lowest BCUT2D eigenvalue weighted by Gasteiger charge is -2.33. The Bertz CT molecular complexity index is 1080. The normalized spacial score (nSPS) is 16.0. The minimum absolute atomic E-state index is 0.0817. The summed E-state index contributed by atoms with van der Waals surface area (Å²) in [6.45, 7) is 0.994. The first-order chi connectivity index (χ1) is 15.5. The van der Waals surface area contributed by atoms with Crippen LogP contribution in [0.4, 0.5) is 10.2 Å². The van der Waals surface area contributed by atoms with Crippen molar-refractivity contribution < 1.29 is 13.9 Å². The Hall–Kier alpha value is -3.55. The molecule has 1 aliphatic rings. The van der Waals surface area contributed by atoms with Crippen molar-refractivity contribution in [2.75, 3.05) is 38.7 Å². The Morgan fingerprint density at radius 3 is 2.81 bits per heavy atom. The number of anilines is 1. The van der Waals surface area contributed by atoms with Crippen LogP contribution in [-0.2, 0) is 4.79 Å². The number of hydrogen-bond acceptors (Lipinski definition) is 6. The van der Waals surface area contributed by atoms with Gasteiger partial charge in [-0.25, -0.2) is 14.4 Å². The highest BCUT2D eigenvalue weighted by molar-refractivity contribution is 5.78. The van der Waals surface area contributed by atoms with Crippen LogP contribution in [0.3, 0.4) is 0 Å². The summed E-state index contributed by atoms with van der Waals surface area (Å²) < 4.78 is 19.2. The van der Waals surface area contributed by atoms with Crippen LogP contribution in [0.1, 0.15) is 24.5 Å². The van der Waals surface area contributed by atoms with Gasteiger partial charge < -0.3 is 14.5 Å². The number of amides is 1. The van der Waals surface area contributed by atoms with Gasteiger partial charge in [-0.1, -0.05) is 12.1 Å². The molecule has 0 N–H and O–H groups in total. The highest BCUT2D eigenvalue weighted by atomic mass is 19.1. The second kappa shape index (κ2) is 9.72. The molecule has 0 aliphatic carbocycles. The summed E-state index contributed by atoms with van der Waals surface area (Å²) in [6.07, 6.45) is 5.25. The van der Waals surface area contributed by atoms with Crippen LogP contribution in [0.5, 0.6) is 5.75 Å². The molecule has 1 aromatic carbocycles. The zero-order valence-corrected chi connectivity index (χ0v) is 18.2. The molecule has 1 atom stereocenters. The summed E-state index contributed by atoms with van der Waals surface area (Å²) in [5.74, 6) is 0.954. The smallest absolute Gasteiger partial charge is 0.260 e. The lowest BCUT2D eigenvalue weighted by Crippen LogP contribution is -2.41. The Labute approximate surface area is 186 Å². The molecule has 4 rings (SSSR count). The minimum atomic E-state index is -0.475. The van der Waals surface area contributed by atoms with Gasteiger partial charge in [-0.05, 0) is 37.1 Å². The number of para-hydroxylation sites is 1. The Morgan fingerprint density at radius 1 is 1.22 bits per heavy atom. The van der Waals surface area contributed by atoms with E-state index in [1.807, 2.05) is 37.2 Å². The van der Waals surface area contributed by atoms with Gasteiger partial charge in [0.1, 0.15) is 5.82 Å². The maximum absolute atomic E-state index is 13.8. The van der Waals surface area contributed by atoms with E-state index in [1.54, 1.807) is 29.4 Å². The Balaban J connectivity index is 1.50. The molecule has 8 heteroatoms. The molecule has 0 bridgehead atoms. The molecule has 3 heterocycles. The van der Waals surface area contributed by atoms with E-state index in [1.165, 1.54) is 12.1 Å². The van der Waals surface area contributed by atoms with Gasteiger partial charge in [0.2, 0.25) is 0 Å². The molecule has 0 spiro atoms. The average Bonchev–Trinajstić information content (AvgIpc) is 2.83. The lowest BCUT2D eigenvalue weighted by molar-refractivity contribution is -0.134. The molecule has 32 heavy (non-hydrogen) atoms. The number of aromatic nitrogens is 3. The van der Waals surface area contributed by atoms with E-state index in [0.717, 1.165) is 29.9 Å². The first-order valence-corrected chi connectivity index (χ1v) is 10.6. The average molecular weight is 436 g/mol. The third-order valence-corrected chi connectivity index (χ3v) is 5.49. The fourth-order valence-electron chi connectivity index (χ4n) is 3.75. The van der Waals surface area contributed by atoms with Crippen molar-refractivity contribution in [3.8, 4) is 17.1 Å². The predicted molar refractivity (Wildman–Crippen MR) is 120 cm³/mol. The third kappa shape index (κ3) is 5.01. The topological polar surface area (TPSA) is 71.5 Å². The minimum Gasteiger partial charge on any atom is -0.481 e. The van der Waals surface area contributed by atoms with Crippen LogP contribution in [-0.4, -0.2) is 59.6 Å². The number of nitrogens with zero attached hydrogens (tertiary/aromatic N) is 5. The van der Waals surface area contributed by atoms with Crippen molar-refractivity contribution in [1.29, 1.82) is 0 Å². The maximum Gasteiger partial charge on any atom is 0.260 e. The fraction of sp³-hybridized carbons (Fsp3) is 0.333. The van der Waals surface area contributed by atoms with Crippen molar-refractivity contribution in [1.82, 2.24) is 19.9 Å². The number of likely N-dealkylation sites (tertiary alicyclic amines) is 1. The number of carbonyl (C=O) groups excluding carboxylic acids is 1. The molecule has 0 radical (unpaired) electrons. The van der Waals surface area contributed by atoms with Gasteiger partial charge >= 0.3 is 0 Å². The van der Waals surface area contributed by atoms with Gasteiger partial charge in [0.15, 0.2) is 24.0 Å². The number of hydrogen-bond donors (Lipinski definition) is 0. The van der Waals surface area contributed by atoms with E-state index in [4.69, 9.17) is 9.72 Å². The van der Waals surface area contributed by atoms with Gasteiger partial charge in [-0.2, -0.15) is 0 Å². The molecule has 166 valence electrons. The molecule has 0 saturated carbocycles. The zero-order chi connectivity index (χ0) is 22.5. The van der Waals surface area contributed by atoms with Gasteiger partial charge in [0.25, 0.3) is 5.91 Å². The molecular weight excluding hydrogens is 409 g/mol. The van der Waals surface area contributed by atoms with E-state index in [2.05, 4.69) is 9.97 Å². The van der Waals surface area contributed by atoms with Crippen LogP contribution < -0.4 is 9.64 Å². The van der Waals surface area contributed by atoms with Gasteiger partial charge in [0.05, 0.1) is 5.69 Å². The van der Waals surface area contributed by atoms with Gasteiger partial charge in [-0.15, -0.1) is 0 Å². The van der Waals surface area contributed by atoms with Crippen molar-refractivity contribution in [2.45, 2.75) is 18.8 Å². The number of halogens is 1. The van der Waals surface area contributed by atoms with Gasteiger partial charge in [-0.3, -0.25) is 9.78 Å². The Kier molecular flexibility index (Phi) is 6.58. The quantitative estimate of drug-likeness (QED) is 0.590. The van der Waals surface area contributed by atoms with E-state index in [0.29, 0.717) is 18.9 Å². The number of carbonyl (C=O) groups is 1. The van der Waals surface area contributed by atoms with Crippen LogP contribution >= 0.6 is 0 Å². The molecular formula is C24H26FN5O2. The van der Waals surface area contributed by atoms with E-state index >= 15 is 0 Å².